The summed E-state index contributed by atoms with van der Waals surface area (Å²) in [4.78, 5) is 12.4. The highest BCUT2D eigenvalue weighted by Crippen LogP contribution is 2.25. The van der Waals surface area contributed by atoms with Gasteiger partial charge in [0.1, 0.15) is 22.8 Å². The van der Waals surface area contributed by atoms with Crippen LogP contribution in [0.4, 0.5) is 4.39 Å². The Morgan fingerprint density at radius 1 is 1.41 bits per heavy atom. The van der Waals surface area contributed by atoms with E-state index < -0.39 is 0 Å². The molecule has 22 heavy (non-hydrogen) atoms. The van der Waals surface area contributed by atoms with Gasteiger partial charge < -0.3 is 14.6 Å². The van der Waals surface area contributed by atoms with E-state index in [2.05, 4.69) is 10.5 Å². The van der Waals surface area contributed by atoms with Crippen LogP contribution in [0.25, 0.3) is 11.3 Å². The van der Waals surface area contributed by atoms with Crippen LogP contribution in [0.2, 0.25) is 0 Å². The summed E-state index contributed by atoms with van der Waals surface area (Å²) in [5.74, 6) is 0.221. The zero-order chi connectivity index (χ0) is 15.5. The third kappa shape index (κ3) is 3.01. The SMILES string of the molecule is Cc1onc(-c2ccc(F)cc2)c1C(=O)NCC1CCOC1. The molecule has 0 bridgehead atoms. The van der Waals surface area contributed by atoms with Gasteiger partial charge >= 0.3 is 0 Å². The van der Waals surface area contributed by atoms with Gasteiger partial charge in [0.2, 0.25) is 0 Å². The first kappa shape index (κ1) is 14.7. The number of halogens is 1. The average Bonchev–Trinajstić information content (AvgIpc) is 3.15. The molecule has 2 aromatic rings. The molecule has 6 heteroatoms. The summed E-state index contributed by atoms with van der Waals surface area (Å²) in [6, 6.07) is 5.82. The van der Waals surface area contributed by atoms with Gasteiger partial charge in [-0.3, -0.25) is 4.79 Å². The van der Waals surface area contributed by atoms with Crippen molar-refractivity contribution >= 4 is 5.91 Å². The van der Waals surface area contributed by atoms with Crippen LogP contribution in [0.1, 0.15) is 22.5 Å². The van der Waals surface area contributed by atoms with Crippen molar-refractivity contribution in [2.45, 2.75) is 13.3 Å². The van der Waals surface area contributed by atoms with Crippen molar-refractivity contribution in [3.63, 3.8) is 0 Å². The molecule has 1 aliphatic rings. The van der Waals surface area contributed by atoms with E-state index in [4.69, 9.17) is 9.26 Å². The fraction of sp³-hybridized carbons (Fsp3) is 0.375. The van der Waals surface area contributed by atoms with Crippen LogP contribution in [-0.4, -0.2) is 30.8 Å². The Morgan fingerprint density at radius 3 is 2.86 bits per heavy atom. The number of nitrogens with zero attached hydrogens (tertiary/aromatic N) is 1. The summed E-state index contributed by atoms with van der Waals surface area (Å²) in [6.45, 7) is 3.67. The lowest BCUT2D eigenvalue weighted by molar-refractivity contribution is 0.0944. The minimum absolute atomic E-state index is 0.232. The van der Waals surface area contributed by atoms with Gasteiger partial charge in [-0.25, -0.2) is 4.39 Å². The highest BCUT2D eigenvalue weighted by atomic mass is 19.1. The lowest BCUT2D eigenvalue weighted by Crippen LogP contribution is -2.30. The van der Waals surface area contributed by atoms with E-state index >= 15 is 0 Å². The van der Waals surface area contributed by atoms with Gasteiger partial charge in [0.15, 0.2) is 0 Å². The largest absolute Gasteiger partial charge is 0.381 e. The molecule has 2 heterocycles. The summed E-state index contributed by atoms with van der Waals surface area (Å²) in [5.41, 5.74) is 1.47. The molecule has 3 rings (SSSR count). The number of rotatable bonds is 4. The molecule has 1 aromatic heterocycles. The number of ether oxygens (including phenoxy) is 1. The summed E-state index contributed by atoms with van der Waals surface area (Å²) in [6.07, 6.45) is 0.952. The molecular formula is C16H17FN2O3. The number of benzene rings is 1. The third-order valence-corrected chi connectivity index (χ3v) is 3.78. The maximum atomic E-state index is 13.0. The van der Waals surface area contributed by atoms with E-state index in [1.807, 2.05) is 0 Å². The standard InChI is InChI=1S/C16H17FN2O3/c1-10-14(16(20)18-8-11-6-7-21-9-11)15(19-22-10)12-2-4-13(17)5-3-12/h2-5,11H,6-9H2,1H3,(H,18,20). The molecule has 1 saturated heterocycles. The number of hydrogen-bond acceptors (Lipinski definition) is 4. The number of nitrogens with one attached hydrogen (secondary N) is 1. The second kappa shape index (κ2) is 6.27. The van der Waals surface area contributed by atoms with Gasteiger partial charge in [-0.2, -0.15) is 0 Å². The Hall–Kier alpha value is -2.21. The van der Waals surface area contributed by atoms with E-state index in [1.165, 1.54) is 12.1 Å². The van der Waals surface area contributed by atoms with Crippen molar-refractivity contribution in [1.82, 2.24) is 10.5 Å². The first-order valence-corrected chi connectivity index (χ1v) is 7.23. The minimum atomic E-state index is -0.337. The second-order valence-corrected chi connectivity index (χ2v) is 5.41. The highest BCUT2D eigenvalue weighted by Gasteiger charge is 2.23. The van der Waals surface area contributed by atoms with Crippen LogP contribution >= 0.6 is 0 Å². The number of carbonyl (C=O) groups excluding carboxylic acids is 1. The molecule has 1 aliphatic heterocycles. The summed E-state index contributed by atoms with van der Waals surface area (Å²) in [7, 11) is 0. The molecule has 1 amide bonds. The zero-order valence-corrected chi connectivity index (χ0v) is 12.3. The van der Waals surface area contributed by atoms with E-state index in [0.29, 0.717) is 41.7 Å². The van der Waals surface area contributed by atoms with Gasteiger partial charge in [0, 0.05) is 24.6 Å². The molecule has 1 unspecified atom stereocenters. The quantitative estimate of drug-likeness (QED) is 0.943. The van der Waals surface area contributed by atoms with Crippen LogP contribution in [0, 0.1) is 18.7 Å². The van der Waals surface area contributed by atoms with Crippen molar-refractivity contribution in [2.75, 3.05) is 19.8 Å². The van der Waals surface area contributed by atoms with Crippen LogP contribution < -0.4 is 5.32 Å². The highest BCUT2D eigenvalue weighted by molar-refractivity contribution is 6.00. The van der Waals surface area contributed by atoms with Gasteiger partial charge in [-0.15, -0.1) is 0 Å². The Bertz CT molecular complexity index is 661. The van der Waals surface area contributed by atoms with Crippen LogP contribution in [0.3, 0.4) is 0 Å². The summed E-state index contributed by atoms with van der Waals surface area (Å²) in [5, 5.41) is 6.83. The lowest BCUT2D eigenvalue weighted by atomic mass is 10.0. The molecule has 1 N–H and O–H groups in total. The molecule has 116 valence electrons. The number of aryl methyl sites for hydroxylation is 1. The fourth-order valence-corrected chi connectivity index (χ4v) is 2.51. The van der Waals surface area contributed by atoms with Crippen LogP contribution in [-0.2, 0) is 4.74 Å². The normalized spacial score (nSPS) is 17.6. The van der Waals surface area contributed by atoms with Crippen molar-refractivity contribution in [1.29, 1.82) is 0 Å². The molecule has 1 fully saturated rings. The molecule has 1 atom stereocenters. The van der Waals surface area contributed by atoms with E-state index in [-0.39, 0.29) is 11.7 Å². The molecule has 0 spiro atoms. The van der Waals surface area contributed by atoms with Crippen molar-refractivity contribution < 1.29 is 18.4 Å². The molecule has 1 aromatic carbocycles. The smallest absolute Gasteiger partial charge is 0.257 e. The first-order chi connectivity index (χ1) is 10.6. The lowest BCUT2D eigenvalue weighted by Gasteiger charge is -2.09. The van der Waals surface area contributed by atoms with Crippen LogP contribution in [0.5, 0.6) is 0 Å². The van der Waals surface area contributed by atoms with Gasteiger partial charge in [-0.05, 0) is 37.6 Å². The Balaban J connectivity index is 1.79. The second-order valence-electron chi connectivity index (χ2n) is 5.41. The fourth-order valence-electron chi connectivity index (χ4n) is 2.51. The topological polar surface area (TPSA) is 64.4 Å². The molecule has 0 radical (unpaired) electrons. The zero-order valence-electron chi connectivity index (χ0n) is 12.3. The average molecular weight is 304 g/mol. The Labute approximate surface area is 127 Å². The van der Waals surface area contributed by atoms with Gasteiger partial charge in [0.05, 0.1) is 6.61 Å². The molecular weight excluding hydrogens is 287 g/mol. The van der Waals surface area contributed by atoms with E-state index in [9.17, 15) is 9.18 Å². The number of amides is 1. The van der Waals surface area contributed by atoms with Crippen LogP contribution in [0.15, 0.2) is 28.8 Å². The number of aromatic nitrogens is 1. The predicted octanol–water partition coefficient (Wildman–Crippen LogP) is 2.56. The molecule has 0 saturated carbocycles. The van der Waals surface area contributed by atoms with Crippen molar-refractivity contribution in [3.05, 3.63) is 41.4 Å². The molecule has 0 aliphatic carbocycles. The Morgan fingerprint density at radius 2 is 2.18 bits per heavy atom. The number of carbonyl (C=O) groups is 1. The number of hydrogen-bond donors (Lipinski definition) is 1. The molecule has 5 nitrogen and oxygen atoms in total. The minimum Gasteiger partial charge on any atom is -0.381 e. The predicted molar refractivity (Wildman–Crippen MR) is 77.9 cm³/mol. The van der Waals surface area contributed by atoms with Crippen molar-refractivity contribution in [2.24, 2.45) is 5.92 Å². The summed E-state index contributed by atoms with van der Waals surface area (Å²) >= 11 is 0. The van der Waals surface area contributed by atoms with Crippen molar-refractivity contribution in [3.8, 4) is 11.3 Å². The summed E-state index contributed by atoms with van der Waals surface area (Å²) < 4.78 is 23.5. The van der Waals surface area contributed by atoms with E-state index in [0.717, 1.165) is 13.0 Å². The maximum absolute atomic E-state index is 13.0. The Kier molecular flexibility index (Phi) is 4.20. The monoisotopic (exact) mass is 304 g/mol. The van der Waals surface area contributed by atoms with E-state index in [1.54, 1.807) is 19.1 Å². The maximum Gasteiger partial charge on any atom is 0.257 e. The van der Waals surface area contributed by atoms with Gasteiger partial charge in [0.25, 0.3) is 5.91 Å². The first-order valence-electron chi connectivity index (χ1n) is 7.23. The third-order valence-electron chi connectivity index (χ3n) is 3.78. The van der Waals surface area contributed by atoms with Gasteiger partial charge in [-0.1, -0.05) is 5.16 Å².